The summed E-state index contributed by atoms with van der Waals surface area (Å²) in [6.45, 7) is 4.04. The molecule has 0 unspecified atom stereocenters. The molecule has 0 saturated carbocycles. The molecule has 1 atom stereocenters. The zero-order chi connectivity index (χ0) is 5.86. The Hall–Kier alpha value is 0.250. The lowest BCUT2D eigenvalue weighted by Gasteiger charge is -2.07. The summed E-state index contributed by atoms with van der Waals surface area (Å²) in [7, 11) is 0. The minimum Gasteiger partial charge on any atom is -0.395 e. The number of halogens is 1. The van der Waals surface area contributed by atoms with E-state index in [1.54, 1.807) is 0 Å². The van der Waals surface area contributed by atoms with Crippen molar-refractivity contribution >= 4 is 11.6 Å². The number of aliphatic hydroxyl groups is 1. The molecule has 7 heavy (non-hydrogen) atoms. The maximum Gasteiger partial charge on any atom is 0.0597 e. The monoisotopic (exact) mass is 122 g/mol. The van der Waals surface area contributed by atoms with Gasteiger partial charge < -0.3 is 5.11 Å². The lowest BCUT2D eigenvalue weighted by Crippen LogP contribution is -2.11. The molecule has 1 N–H and O–H groups in total. The Balaban J connectivity index is 3.14. The van der Waals surface area contributed by atoms with Crippen molar-refractivity contribution in [3.05, 3.63) is 0 Å². The molecule has 0 aliphatic rings. The van der Waals surface area contributed by atoms with Crippen LogP contribution in [0.5, 0.6) is 0 Å². The zero-order valence-electron chi connectivity index (χ0n) is 4.69. The Bertz CT molecular complexity index is 45.3. The normalized spacial score (nSPS) is 15.0. The average molecular weight is 123 g/mol. The second-order valence-electron chi connectivity index (χ2n) is 1.94. The highest BCUT2D eigenvalue weighted by molar-refractivity contribution is 6.20. The van der Waals surface area contributed by atoms with Crippen LogP contribution in [0.25, 0.3) is 0 Å². The highest BCUT2D eigenvalue weighted by atomic mass is 35.5. The molecule has 0 aliphatic heterocycles. The lowest BCUT2D eigenvalue weighted by molar-refractivity contribution is 0.272. The Morgan fingerprint density at radius 1 is 1.57 bits per heavy atom. The van der Waals surface area contributed by atoms with Gasteiger partial charge in [-0.25, -0.2) is 0 Å². The van der Waals surface area contributed by atoms with Crippen molar-refractivity contribution in [3.8, 4) is 0 Å². The molecule has 0 heterocycles. The second-order valence-corrected chi connectivity index (χ2v) is 2.50. The summed E-state index contributed by atoms with van der Waals surface area (Å²) in [4.78, 5) is 0. The average Bonchev–Trinajstić information content (AvgIpc) is 1.65. The largest absolute Gasteiger partial charge is 0.395 e. The number of rotatable bonds is 2. The van der Waals surface area contributed by atoms with Gasteiger partial charge in [-0.05, 0) is 5.92 Å². The first-order valence-electron chi connectivity index (χ1n) is 2.43. The molecule has 0 bridgehead atoms. The summed E-state index contributed by atoms with van der Waals surface area (Å²) < 4.78 is 0. The molecule has 0 aromatic rings. The van der Waals surface area contributed by atoms with Crippen LogP contribution in [0.2, 0.25) is 0 Å². The fraction of sp³-hybridized carbons (Fsp3) is 1.00. The van der Waals surface area contributed by atoms with Crippen LogP contribution in [0.3, 0.4) is 0 Å². The summed E-state index contributed by atoms with van der Waals surface area (Å²) in [5.74, 6) is 0.381. The fourth-order valence-corrected chi connectivity index (χ4v) is 0.211. The number of hydrogen-bond donors (Lipinski definition) is 1. The van der Waals surface area contributed by atoms with E-state index >= 15 is 0 Å². The molecule has 0 aromatic heterocycles. The van der Waals surface area contributed by atoms with Crippen LogP contribution in [-0.4, -0.2) is 17.1 Å². The molecular weight excluding hydrogens is 112 g/mol. The van der Waals surface area contributed by atoms with Gasteiger partial charge in [0.1, 0.15) is 0 Å². The van der Waals surface area contributed by atoms with Crippen molar-refractivity contribution in [3.63, 3.8) is 0 Å². The maximum absolute atomic E-state index is 8.37. The van der Waals surface area contributed by atoms with Gasteiger partial charge >= 0.3 is 0 Å². The van der Waals surface area contributed by atoms with Gasteiger partial charge in [0, 0.05) is 0 Å². The lowest BCUT2D eigenvalue weighted by atomic mass is 10.1. The molecule has 0 saturated heterocycles. The molecule has 1 nitrogen and oxygen atoms in total. The van der Waals surface area contributed by atoms with E-state index in [0.29, 0.717) is 5.92 Å². The quantitative estimate of drug-likeness (QED) is 0.547. The van der Waals surface area contributed by atoms with Gasteiger partial charge in [-0.2, -0.15) is 0 Å². The van der Waals surface area contributed by atoms with E-state index in [1.807, 2.05) is 13.8 Å². The fourth-order valence-electron chi connectivity index (χ4n) is 0.211. The van der Waals surface area contributed by atoms with E-state index in [9.17, 15) is 0 Å². The van der Waals surface area contributed by atoms with Gasteiger partial charge in [-0.3, -0.25) is 0 Å². The Labute approximate surface area is 49.3 Å². The molecule has 0 spiro atoms. The number of alkyl halides is 1. The molecule has 2 heteroatoms. The topological polar surface area (TPSA) is 20.2 Å². The van der Waals surface area contributed by atoms with Crippen LogP contribution >= 0.6 is 11.6 Å². The SMILES string of the molecule is CC(C)[C@@H](Cl)CO. The Kier molecular flexibility index (Phi) is 3.39. The molecule has 0 rings (SSSR count). The number of hydrogen-bond acceptors (Lipinski definition) is 1. The van der Waals surface area contributed by atoms with Crippen molar-refractivity contribution in [1.29, 1.82) is 0 Å². The standard InChI is InChI=1S/C5H11ClO/c1-4(2)5(6)3-7/h4-5,7H,3H2,1-2H3/t5-/m0/s1. The first kappa shape index (κ1) is 7.25. The van der Waals surface area contributed by atoms with Crippen LogP contribution in [-0.2, 0) is 0 Å². The van der Waals surface area contributed by atoms with Crippen molar-refractivity contribution in [2.24, 2.45) is 5.92 Å². The first-order chi connectivity index (χ1) is 3.18. The molecule has 44 valence electrons. The Morgan fingerprint density at radius 2 is 2.00 bits per heavy atom. The predicted molar refractivity (Wildman–Crippen MR) is 31.6 cm³/mol. The highest BCUT2D eigenvalue weighted by Crippen LogP contribution is 2.06. The van der Waals surface area contributed by atoms with Gasteiger partial charge in [-0.15, -0.1) is 11.6 Å². The zero-order valence-corrected chi connectivity index (χ0v) is 5.44. The van der Waals surface area contributed by atoms with Crippen LogP contribution in [0.1, 0.15) is 13.8 Å². The maximum atomic E-state index is 8.37. The van der Waals surface area contributed by atoms with Crippen molar-refractivity contribution in [2.45, 2.75) is 19.2 Å². The summed E-state index contributed by atoms with van der Waals surface area (Å²) >= 11 is 5.55. The van der Waals surface area contributed by atoms with E-state index in [0.717, 1.165) is 0 Å². The first-order valence-corrected chi connectivity index (χ1v) is 2.87. The Morgan fingerprint density at radius 3 is 2.00 bits per heavy atom. The van der Waals surface area contributed by atoms with E-state index < -0.39 is 0 Å². The minimum absolute atomic E-state index is 0.0694. The van der Waals surface area contributed by atoms with Gasteiger partial charge in [-0.1, -0.05) is 13.8 Å². The van der Waals surface area contributed by atoms with Crippen molar-refractivity contribution in [1.82, 2.24) is 0 Å². The highest BCUT2D eigenvalue weighted by Gasteiger charge is 2.05. The third-order valence-corrected chi connectivity index (χ3v) is 1.54. The van der Waals surface area contributed by atoms with E-state index in [4.69, 9.17) is 16.7 Å². The van der Waals surface area contributed by atoms with Crippen LogP contribution < -0.4 is 0 Å². The van der Waals surface area contributed by atoms with E-state index in [-0.39, 0.29) is 12.0 Å². The number of aliphatic hydroxyl groups excluding tert-OH is 1. The van der Waals surface area contributed by atoms with Crippen molar-refractivity contribution in [2.75, 3.05) is 6.61 Å². The predicted octanol–water partition coefficient (Wildman–Crippen LogP) is 1.24. The van der Waals surface area contributed by atoms with Crippen LogP contribution in [0.4, 0.5) is 0 Å². The minimum atomic E-state index is -0.0694. The van der Waals surface area contributed by atoms with Crippen LogP contribution in [0.15, 0.2) is 0 Å². The molecular formula is C5H11ClO. The summed E-state index contributed by atoms with van der Waals surface area (Å²) in [5, 5.41) is 8.30. The third kappa shape index (κ3) is 2.89. The molecule has 0 fully saturated rings. The van der Waals surface area contributed by atoms with E-state index in [1.165, 1.54) is 0 Å². The summed E-state index contributed by atoms with van der Waals surface area (Å²) in [6.07, 6.45) is 0. The van der Waals surface area contributed by atoms with Crippen molar-refractivity contribution < 1.29 is 5.11 Å². The van der Waals surface area contributed by atoms with E-state index in [2.05, 4.69) is 0 Å². The summed E-state index contributed by atoms with van der Waals surface area (Å²) in [6, 6.07) is 0. The molecule has 0 aromatic carbocycles. The van der Waals surface area contributed by atoms with Gasteiger partial charge in [0.05, 0.1) is 12.0 Å². The van der Waals surface area contributed by atoms with Gasteiger partial charge in [0.2, 0.25) is 0 Å². The second kappa shape index (κ2) is 3.28. The smallest absolute Gasteiger partial charge is 0.0597 e. The molecule has 0 amide bonds. The van der Waals surface area contributed by atoms with Gasteiger partial charge in [0.15, 0.2) is 0 Å². The summed E-state index contributed by atoms with van der Waals surface area (Å²) in [5.41, 5.74) is 0. The van der Waals surface area contributed by atoms with Crippen LogP contribution in [0, 0.1) is 5.92 Å². The molecule has 0 aliphatic carbocycles. The molecule has 0 radical (unpaired) electrons. The van der Waals surface area contributed by atoms with Gasteiger partial charge in [0.25, 0.3) is 0 Å². The third-order valence-electron chi connectivity index (χ3n) is 0.898.